The van der Waals surface area contributed by atoms with Crippen LogP contribution in [0.15, 0.2) is 12.2 Å². The molecular formula is C8H16N2O. The zero-order valence-electron chi connectivity index (χ0n) is 7.04. The van der Waals surface area contributed by atoms with E-state index in [1.165, 1.54) is 0 Å². The second-order valence-corrected chi connectivity index (χ2v) is 4.08. The molecule has 0 spiro atoms. The molecule has 0 saturated carbocycles. The van der Waals surface area contributed by atoms with Crippen molar-refractivity contribution in [2.24, 2.45) is 16.9 Å². The lowest BCUT2D eigenvalue weighted by Crippen LogP contribution is -2.61. The molecule has 0 bridgehead atoms. The number of rotatable bonds is 0. The van der Waals surface area contributed by atoms with E-state index in [9.17, 15) is 5.11 Å². The number of aliphatic hydroxyl groups is 1. The molecule has 0 fully saturated rings. The molecule has 0 aromatic rings. The van der Waals surface area contributed by atoms with Gasteiger partial charge in [0.15, 0.2) is 0 Å². The molecule has 3 heteroatoms. The van der Waals surface area contributed by atoms with E-state index in [0.29, 0.717) is 6.42 Å². The normalized spacial score (nSPS) is 33.7. The third kappa shape index (κ3) is 1.80. The summed E-state index contributed by atoms with van der Waals surface area (Å²) in [6, 6.07) is 0. The van der Waals surface area contributed by atoms with Gasteiger partial charge in [0.1, 0.15) is 6.10 Å². The first-order valence-electron chi connectivity index (χ1n) is 3.79. The van der Waals surface area contributed by atoms with Crippen LogP contribution >= 0.6 is 0 Å². The average molecular weight is 156 g/mol. The van der Waals surface area contributed by atoms with Crippen LogP contribution in [0.1, 0.15) is 20.3 Å². The summed E-state index contributed by atoms with van der Waals surface area (Å²) in [5, 5.41) is 9.33. The van der Waals surface area contributed by atoms with E-state index in [0.717, 1.165) is 0 Å². The predicted octanol–water partition coefficient (Wildman–Crippen LogP) is -0.0529. The third-order valence-corrected chi connectivity index (χ3v) is 2.04. The van der Waals surface area contributed by atoms with Gasteiger partial charge in [-0.25, -0.2) is 0 Å². The molecule has 0 radical (unpaired) electrons. The molecule has 0 saturated heterocycles. The van der Waals surface area contributed by atoms with Gasteiger partial charge >= 0.3 is 0 Å². The van der Waals surface area contributed by atoms with Crippen LogP contribution in [0.2, 0.25) is 0 Å². The van der Waals surface area contributed by atoms with Crippen molar-refractivity contribution in [3.05, 3.63) is 12.2 Å². The second-order valence-electron chi connectivity index (χ2n) is 4.08. The van der Waals surface area contributed by atoms with Gasteiger partial charge in [-0.05, 0) is 11.8 Å². The first-order valence-corrected chi connectivity index (χ1v) is 3.79. The van der Waals surface area contributed by atoms with Gasteiger partial charge in [0, 0.05) is 0 Å². The Morgan fingerprint density at radius 3 is 2.36 bits per heavy atom. The van der Waals surface area contributed by atoms with E-state index in [-0.39, 0.29) is 5.41 Å². The molecule has 0 aliphatic heterocycles. The fraction of sp³-hybridized carbons (Fsp3) is 0.750. The van der Waals surface area contributed by atoms with Crippen LogP contribution in [-0.2, 0) is 0 Å². The summed E-state index contributed by atoms with van der Waals surface area (Å²) in [5.74, 6) is 0. The topological polar surface area (TPSA) is 72.3 Å². The maximum Gasteiger partial charge on any atom is 0.103 e. The van der Waals surface area contributed by atoms with Crippen LogP contribution in [0, 0.1) is 5.41 Å². The summed E-state index contributed by atoms with van der Waals surface area (Å²) in [4.78, 5) is 0. The molecule has 0 amide bonds. The average Bonchev–Trinajstić information content (AvgIpc) is 1.77. The Hall–Kier alpha value is -0.380. The molecule has 1 aliphatic carbocycles. The fourth-order valence-corrected chi connectivity index (χ4v) is 1.48. The zero-order chi connectivity index (χ0) is 8.70. The molecule has 0 aromatic heterocycles. The Kier molecular flexibility index (Phi) is 1.82. The lowest BCUT2D eigenvalue weighted by atomic mass is 9.76. The summed E-state index contributed by atoms with van der Waals surface area (Å²) in [6.45, 7) is 4.09. The van der Waals surface area contributed by atoms with Gasteiger partial charge in [0.25, 0.3) is 0 Å². The highest BCUT2D eigenvalue weighted by Crippen LogP contribution is 2.32. The van der Waals surface area contributed by atoms with Gasteiger partial charge in [-0.2, -0.15) is 0 Å². The van der Waals surface area contributed by atoms with Crippen molar-refractivity contribution in [3.8, 4) is 0 Å². The minimum Gasteiger partial charge on any atom is -0.386 e. The highest BCUT2D eigenvalue weighted by molar-refractivity contribution is 5.12. The molecule has 0 heterocycles. The van der Waals surface area contributed by atoms with Gasteiger partial charge in [-0.3, -0.25) is 0 Å². The van der Waals surface area contributed by atoms with E-state index in [1.807, 2.05) is 19.9 Å². The molecule has 1 unspecified atom stereocenters. The highest BCUT2D eigenvalue weighted by atomic mass is 16.3. The molecular weight excluding hydrogens is 140 g/mol. The molecule has 11 heavy (non-hydrogen) atoms. The molecule has 1 atom stereocenters. The van der Waals surface area contributed by atoms with Crippen LogP contribution in [0.25, 0.3) is 0 Å². The molecule has 1 rings (SSSR count). The van der Waals surface area contributed by atoms with Crippen LogP contribution in [-0.4, -0.2) is 16.9 Å². The standard InChI is InChI=1S/C8H16N2O/c1-7(2)4-3-6(11)8(9,10)5-7/h3-4,6,11H,5,9-10H2,1-2H3. The van der Waals surface area contributed by atoms with E-state index in [2.05, 4.69) is 0 Å². The third-order valence-electron chi connectivity index (χ3n) is 2.04. The number of hydrogen-bond acceptors (Lipinski definition) is 3. The van der Waals surface area contributed by atoms with Crippen molar-refractivity contribution >= 4 is 0 Å². The monoisotopic (exact) mass is 156 g/mol. The minimum absolute atomic E-state index is 0.00271. The smallest absolute Gasteiger partial charge is 0.103 e. The highest BCUT2D eigenvalue weighted by Gasteiger charge is 2.36. The maximum absolute atomic E-state index is 9.33. The van der Waals surface area contributed by atoms with Crippen LogP contribution in [0.4, 0.5) is 0 Å². The van der Waals surface area contributed by atoms with Crippen molar-refractivity contribution in [2.45, 2.75) is 32.0 Å². The van der Waals surface area contributed by atoms with E-state index < -0.39 is 11.8 Å². The van der Waals surface area contributed by atoms with Gasteiger partial charge in [-0.1, -0.05) is 26.0 Å². The summed E-state index contributed by atoms with van der Waals surface area (Å²) in [5.41, 5.74) is 10.4. The van der Waals surface area contributed by atoms with Gasteiger partial charge in [0.05, 0.1) is 5.66 Å². The molecule has 5 N–H and O–H groups in total. The van der Waals surface area contributed by atoms with E-state index in [1.54, 1.807) is 6.08 Å². The first-order chi connectivity index (χ1) is 4.83. The zero-order valence-corrected chi connectivity index (χ0v) is 7.04. The largest absolute Gasteiger partial charge is 0.386 e. The van der Waals surface area contributed by atoms with Crippen molar-refractivity contribution < 1.29 is 5.11 Å². The van der Waals surface area contributed by atoms with Crippen molar-refractivity contribution in [2.75, 3.05) is 0 Å². The molecule has 64 valence electrons. The van der Waals surface area contributed by atoms with Crippen LogP contribution in [0.3, 0.4) is 0 Å². The van der Waals surface area contributed by atoms with Gasteiger partial charge in [-0.15, -0.1) is 0 Å². The predicted molar refractivity (Wildman–Crippen MR) is 44.7 cm³/mol. The number of allylic oxidation sites excluding steroid dienone is 1. The number of hydrogen-bond donors (Lipinski definition) is 3. The Morgan fingerprint density at radius 1 is 1.45 bits per heavy atom. The van der Waals surface area contributed by atoms with Gasteiger partial charge in [0.2, 0.25) is 0 Å². The lowest BCUT2D eigenvalue weighted by Gasteiger charge is -2.39. The van der Waals surface area contributed by atoms with E-state index in [4.69, 9.17) is 11.5 Å². The second kappa shape index (κ2) is 2.30. The summed E-state index contributed by atoms with van der Waals surface area (Å²) < 4.78 is 0. The summed E-state index contributed by atoms with van der Waals surface area (Å²) >= 11 is 0. The van der Waals surface area contributed by atoms with Crippen molar-refractivity contribution in [1.82, 2.24) is 0 Å². The minimum atomic E-state index is -0.960. The van der Waals surface area contributed by atoms with Gasteiger partial charge < -0.3 is 16.6 Å². The quantitative estimate of drug-likeness (QED) is 0.340. The Bertz CT molecular complexity index is 185. The number of aliphatic hydroxyl groups excluding tert-OH is 1. The Labute approximate surface area is 67.1 Å². The first kappa shape index (κ1) is 8.71. The molecule has 0 aromatic carbocycles. The van der Waals surface area contributed by atoms with E-state index >= 15 is 0 Å². The molecule has 3 nitrogen and oxygen atoms in total. The fourth-order valence-electron chi connectivity index (χ4n) is 1.48. The Morgan fingerprint density at radius 2 is 2.00 bits per heavy atom. The molecule has 1 aliphatic rings. The Balaban J connectivity index is 2.85. The summed E-state index contributed by atoms with van der Waals surface area (Å²) in [6.07, 6.45) is 3.52. The summed E-state index contributed by atoms with van der Waals surface area (Å²) in [7, 11) is 0. The van der Waals surface area contributed by atoms with Crippen molar-refractivity contribution in [1.29, 1.82) is 0 Å². The van der Waals surface area contributed by atoms with Crippen LogP contribution < -0.4 is 11.5 Å². The number of nitrogens with two attached hydrogens (primary N) is 2. The van der Waals surface area contributed by atoms with Crippen molar-refractivity contribution in [3.63, 3.8) is 0 Å². The maximum atomic E-state index is 9.33. The SMILES string of the molecule is CC1(C)C=CC(O)C(N)(N)C1. The van der Waals surface area contributed by atoms with Crippen LogP contribution in [0.5, 0.6) is 0 Å². The lowest BCUT2D eigenvalue weighted by molar-refractivity contribution is 0.0888.